The summed E-state index contributed by atoms with van der Waals surface area (Å²) >= 11 is 0. The van der Waals surface area contributed by atoms with E-state index in [-0.39, 0.29) is 12.4 Å². The van der Waals surface area contributed by atoms with E-state index in [9.17, 15) is 4.39 Å². The number of ether oxygens (including phenoxy) is 2. The molecular weight excluding hydrogens is 346 g/mol. The molecule has 0 N–H and O–H groups in total. The van der Waals surface area contributed by atoms with Crippen molar-refractivity contribution in [2.75, 3.05) is 7.11 Å². The lowest BCUT2D eigenvalue weighted by atomic mass is 9.78. The molecule has 1 aliphatic heterocycles. The first-order chi connectivity index (χ1) is 12.7. The van der Waals surface area contributed by atoms with E-state index in [0.29, 0.717) is 17.9 Å². The molecule has 0 radical (unpaired) electrons. The van der Waals surface area contributed by atoms with Gasteiger partial charge in [-0.1, -0.05) is 30.3 Å². The predicted octanol–water partition coefficient (Wildman–Crippen LogP) is 3.85. The van der Waals surface area contributed by atoms with Crippen LogP contribution in [0.5, 0.6) is 5.75 Å². The van der Waals surface area contributed by atoms with Gasteiger partial charge in [0.2, 0.25) is 0 Å². The second-order valence-electron chi connectivity index (χ2n) is 7.74. The summed E-state index contributed by atoms with van der Waals surface area (Å²) in [7, 11) is 1.16. The molecular formula is C21H26BFO4. The third-order valence-electron chi connectivity index (χ3n) is 5.30. The Morgan fingerprint density at radius 3 is 2.19 bits per heavy atom. The van der Waals surface area contributed by atoms with Crippen molar-refractivity contribution >= 4 is 12.6 Å². The molecule has 0 spiro atoms. The number of hydrogen-bond acceptors (Lipinski definition) is 4. The molecule has 0 saturated carbocycles. The standard InChI is InChI=1S/C21H26BFO4/c1-20(2)21(3,4)27-22(26-20)17-10-11-19(24-5)16(12-17)14-25-13-15-8-6-7-9-18(15)23/h6-12H,13-14H2,1-5H3. The van der Waals surface area contributed by atoms with Crippen LogP contribution in [-0.2, 0) is 27.3 Å². The molecule has 0 bridgehead atoms. The monoisotopic (exact) mass is 372 g/mol. The summed E-state index contributed by atoms with van der Waals surface area (Å²) in [6, 6.07) is 12.4. The second kappa shape index (κ2) is 7.62. The molecule has 2 aromatic carbocycles. The Morgan fingerprint density at radius 1 is 0.926 bits per heavy atom. The first-order valence-electron chi connectivity index (χ1n) is 9.07. The number of rotatable bonds is 6. The van der Waals surface area contributed by atoms with E-state index in [4.69, 9.17) is 18.8 Å². The number of halogens is 1. The highest BCUT2D eigenvalue weighted by atomic mass is 19.1. The van der Waals surface area contributed by atoms with Crippen LogP contribution in [0.3, 0.4) is 0 Å². The van der Waals surface area contributed by atoms with Gasteiger partial charge in [0.05, 0.1) is 31.5 Å². The molecule has 0 unspecified atom stereocenters. The molecule has 0 aliphatic carbocycles. The molecule has 2 aromatic rings. The fourth-order valence-corrected chi connectivity index (χ4v) is 2.92. The maximum Gasteiger partial charge on any atom is 0.494 e. The fraction of sp³-hybridized carbons (Fsp3) is 0.429. The highest BCUT2D eigenvalue weighted by Gasteiger charge is 2.51. The minimum absolute atomic E-state index is 0.191. The van der Waals surface area contributed by atoms with E-state index in [1.165, 1.54) is 6.07 Å². The molecule has 6 heteroatoms. The predicted molar refractivity (Wildman–Crippen MR) is 104 cm³/mol. The summed E-state index contributed by atoms with van der Waals surface area (Å²) < 4.78 is 37.1. The normalized spacial score (nSPS) is 17.9. The summed E-state index contributed by atoms with van der Waals surface area (Å²) in [5.41, 5.74) is 1.48. The lowest BCUT2D eigenvalue weighted by Crippen LogP contribution is -2.41. The van der Waals surface area contributed by atoms with Crippen molar-refractivity contribution < 1.29 is 23.2 Å². The zero-order chi connectivity index (χ0) is 19.7. The first kappa shape index (κ1) is 19.9. The second-order valence-corrected chi connectivity index (χ2v) is 7.74. The van der Waals surface area contributed by atoms with Gasteiger partial charge in [-0.3, -0.25) is 0 Å². The smallest absolute Gasteiger partial charge is 0.494 e. The summed E-state index contributed by atoms with van der Waals surface area (Å²) in [6.07, 6.45) is 0. The minimum Gasteiger partial charge on any atom is -0.496 e. The minimum atomic E-state index is -0.453. The van der Waals surface area contributed by atoms with Gasteiger partial charge in [0.25, 0.3) is 0 Å². The van der Waals surface area contributed by atoms with Crippen LogP contribution in [0.25, 0.3) is 0 Å². The van der Waals surface area contributed by atoms with Crippen molar-refractivity contribution in [3.05, 3.63) is 59.4 Å². The van der Waals surface area contributed by atoms with Crippen LogP contribution < -0.4 is 10.2 Å². The van der Waals surface area contributed by atoms with E-state index in [2.05, 4.69) is 0 Å². The van der Waals surface area contributed by atoms with E-state index in [0.717, 1.165) is 11.0 Å². The van der Waals surface area contributed by atoms with E-state index >= 15 is 0 Å². The average molecular weight is 372 g/mol. The molecule has 0 amide bonds. The third kappa shape index (κ3) is 4.18. The van der Waals surface area contributed by atoms with E-state index in [1.807, 2.05) is 45.9 Å². The van der Waals surface area contributed by atoms with E-state index < -0.39 is 18.3 Å². The van der Waals surface area contributed by atoms with Crippen LogP contribution in [0.15, 0.2) is 42.5 Å². The van der Waals surface area contributed by atoms with Crippen molar-refractivity contribution in [1.82, 2.24) is 0 Å². The molecule has 1 heterocycles. The molecule has 0 atom stereocenters. The van der Waals surface area contributed by atoms with Gasteiger partial charge in [-0.15, -0.1) is 0 Å². The van der Waals surface area contributed by atoms with Crippen LogP contribution >= 0.6 is 0 Å². The van der Waals surface area contributed by atoms with Gasteiger partial charge >= 0.3 is 7.12 Å². The quantitative estimate of drug-likeness (QED) is 0.722. The molecule has 1 fully saturated rings. The molecule has 3 rings (SSSR count). The highest BCUT2D eigenvalue weighted by Crippen LogP contribution is 2.36. The zero-order valence-electron chi connectivity index (χ0n) is 16.5. The molecule has 1 aliphatic rings. The van der Waals surface area contributed by atoms with Crippen LogP contribution in [0, 0.1) is 5.82 Å². The molecule has 1 saturated heterocycles. The number of hydrogen-bond donors (Lipinski definition) is 0. The Bertz CT molecular complexity index is 791. The van der Waals surface area contributed by atoms with Crippen LogP contribution in [0.1, 0.15) is 38.8 Å². The fourth-order valence-electron chi connectivity index (χ4n) is 2.92. The average Bonchev–Trinajstić information content (AvgIpc) is 2.84. The van der Waals surface area contributed by atoms with E-state index in [1.54, 1.807) is 25.3 Å². The van der Waals surface area contributed by atoms with Crippen LogP contribution in [0.2, 0.25) is 0 Å². The van der Waals surface area contributed by atoms with Gasteiger partial charge in [0, 0.05) is 11.1 Å². The zero-order valence-corrected chi connectivity index (χ0v) is 16.5. The van der Waals surface area contributed by atoms with Crippen LogP contribution in [-0.4, -0.2) is 25.4 Å². The van der Waals surface area contributed by atoms with Crippen molar-refractivity contribution in [3.63, 3.8) is 0 Å². The SMILES string of the molecule is COc1ccc(B2OC(C)(C)C(C)(C)O2)cc1COCc1ccccc1F. The molecule has 144 valence electrons. The Hall–Kier alpha value is -1.89. The van der Waals surface area contributed by atoms with Gasteiger partial charge in [-0.2, -0.15) is 0 Å². The maximum absolute atomic E-state index is 13.7. The third-order valence-corrected chi connectivity index (χ3v) is 5.30. The Labute approximate surface area is 160 Å². The Kier molecular flexibility index (Phi) is 5.61. The van der Waals surface area contributed by atoms with Crippen molar-refractivity contribution in [2.24, 2.45) is 0 Å². The number of benzene rings is 2. The van der Waals surface area contributed by atoms with Crippen molar-refractivity contribution in [1.29, 1.82) is 0 Å². The summed E-state index contributed by atoms with van der Waals surface area (Å²) in [5.74, 6) is 0.444. The van der Waals surface area contributed by atoms with Gasteiger partial charge in [-0.25, -0.2) is 4.39 Å². The van der Waals surface area contributed by atoms with Gasteiger partial charge in [0.15, 0.2) is 0 Å². The van der Waals surface area contributed by atoms with Crippen LogP contribution in [0.4, 0.5) is 4.39 Å². The number of methoxy groups -OCH3 is 1. The largest absolute Gasteiger partial charge is 0.496 e. The first-order valence-corrected chi connectivity index (χ1v) is 9.07. The van der Waals surface area contributed by atoms with Gasteiger partial charge in [-0.05, 0) is 45.3 Å². The lowest BCUT2D eigenvalue weighted by molar-refractivity contribution is 0.00578. The summed E-state index contributed by atoms with van der Waals surface area (Å²) in [6.45, 7) is 8.58. The maximum atomic E-state index is 13.7. The van der Waals surface area contributed by atoms with Crippen molar-refractivity contribution in [2.45, 2.75) is 52.1 Å². The summed E-state index contributed by atoms with van der Waals surface area (Å²) in [5, 5.41) is 0. The lowest BCUT2D eigenvalue weighted by Gasteiger charge is -2.32. The summed E-state index contributed by atoms with van der Waals surface area (Å²) in [4.78, 5) is 0. The van der Waals surface area contributed by atoms with Crippen molar-refractivity contribution in [3.8, 4) is 5.75 Å². The Balaban J connectivity index is 1.74. The van der Waals surface area contributed by atoms with Gasteiger partial charge in [0.1, 0.15) is 11.6 Å². The highest BCUT2D eigenvalue weighted by molar-refractivity contribution is 6.62. The topological polar surface area (TPSA) is 36.9 Å². The molecule has 0 aromatic heterocycles. The Morgan fingerprint density at radius 2 is 1.56 bits per heavy atom. The van der Waals surface area contributed by atoms with Gasteiger partial charge < -0.3 is 18.8 Å². The molecule has 4 nitrogen and oxygen atoms in total. The molecule has 27 heavy (non-hydrogen) atoms.